The van der Waals surface area contributed by atoms with Gasteiger partial charge in [-0.05, 0) is 60.7 Å². The Morgan fingerprint density at radius 1 is 1.09 bits per heavy atom. The van der Waals surface area contributed by atoms with E-state index < -0.39 is 5.56 Å². The summed E-state index contributed by atoms with van der Waals surface area (Å²) < 4.78 is 25.4. The smallest absolute Gasteiger partial charge is 0.288 e. The first kappa shape index (κ1) is 20.3. The quantitative estimate of drug-likeness (QED) is 0.323. The van der Waals surface area contributed by atoms with E-state index in [9.17, 15) is 9.18 Å². The lowest BCUT2D eigenvalue weighted by Crippen LogP contribution is -2.20. The molecule has 3 aromatic heterocycles. The highest BCUT2D eigenvalue weighted by Crippen LogP contribution is 2.29. The summed E-state index contributed by atoms with van der Waals surface area (Å²) in [5.74, 6) is 0.109. The minimum absolute atomic E-state index is 0.00963. The minimum Gasteiger partial charge on any atom is -0.493 e. The molecule has 158 valence electrons. The van der Waals surface area contributed by atoms with Gasteiger partial charge >= 0.3 is 0 Å². The van der Waals surface area contributed by atoms with Crippen molar-refractivity contribution in [3.05, 3.63) is 87.9 Å². The number of fused-ring (bicyclic) bond motifs is 2. The molecule has 0 amide bonds. The van der Waals surface area contributed by atoms with E-state index in [1.807, 2.05) is 24.3 Å². The number of hydrogen-bond donors (Lipinski definition) is 0. The standard InChI is InChI=1S/C23H14FN3O3S2/c1-29-18-10-11-25-20-21(18)30-23(31)27(22(20)28)15-5-8-17-13(12-15)2-9-19(26-17)32-16-6-3-14(24)4-7-16/h2-12H,1H3. The van der Waals surface area contributed by atoms with Crippen molar-refractivity contribution in [1.82, 2.24) is 14.5 Å². The summed E-state index contributed by atoms with van der Waals surface area (Å²) >= 11 is 6.79. The van der Waals surface area contributed by atoms with Crippen molar-refractivity contribution >= 4 is 46.0 Å². The summed E-state index contributed by atoms with van der Waals surface area (Å²) in [6.45, 7) is 0. The van der Waals surface area contributed by atoms with Crippen molar-refractivity contribution in [3.8, 4) is 11.4 Å². The van der Waals surface area contributed by atoms with Gasteiger partial charge in [-0.15, -0.1) is 0 Å². The lowest BCUT2D eigenvalue weighted by atomic mass is 10.2. The first-order chi connectivity index (χ1) is 15.5. The van der Waals surface area contributed by atoms with Crippen LogP contribution in [0.25, 0.3) is 27.7 Å². The number of halogens is 1. The zero-order valence-corrected chi connectivity index (χ0v) is 18.2. The van der Waals surface area contributed by atoms with Crippen LogP contribution in [0.5, 0.6) is 5.75 Å². The van der Waals surface area contributed by atoms with Gasteiger partial charge in [-0.1, -0.05) is 17.8 Å². The third-order valence-electron chi connectivity index (χ3n) is 4.81. The molecule has 2 aromatic carbocycles. The maximum Gasteiger partial charge on any atom is 0.288 e. The van der Waals surface area contributed by atoms with Crippen LogP contribution >= 0.6 is 24.0 Å². The molecule has 0 aliphatic rings. The van der Waals surface area contributed by atoms with E-state index in [1.165, 1.54) is 41.8 Å². The SMILES string of the molecule is COc1ccnc2c(=O)n(-c3ccc4nc(Sc5ccc(F)cc5)ccc4c3)c(=S)oc12. The average Bonchev–Trinajstić information content (AvgIpc) is 2.80. The molecule has 0 saturated carbocycles. The summed E-state index contributed by atoms with van der Waals surface area (Å²) in [6, 6.07) is 17.0. The summed E-state index contributed by atoms with van der Waals surface area (Å²) in [7, 11) is 1.48. The summed E-state index contributed by atoms with van der Waals surface area (Å²) in [5, 5.41) is 1.60. The normalized spacial score (nSPS) is 11.2. The second-order valence-corrected chi connectivity index (χ2v) is 8.22. The first-order valence-electron chi connectivity index (χ1n) is 9.47. The van der Waals surface area contributed by atoms with Crippen LogP contribution in [0.4, 0.5) is 4.39 Å². The zero-order valence-electron chi connectivity index (χ0n) is 16.6. The van der Waals surface area contributed by atoms with Gasteiger partial charge in [-0.25, -0.2) is 18.9 Å². The fourth-order valence-electron chi connectivity index (χ4n) is 3.30. The number of methoxy groups -OCH3 is 1. The van der Waals surface area contributed by atoms with Crippen LogP contribution in [0.15, 0.2) is 86.0 Å². The Hall–Kier alpha value is -3.56. The Balaban J connectivity index is 1.57. The number of benzene rings is 2. The van der Waals surface area contributed by atoms with Crippen LogP contribution in [-0.4, -0.2) is 21.6 Å². The Labute approximate surface area is 190 Å². The lowest BCUT2D eigenvalue weighted by molar-refractivity contribution is 0.404. The minimum atomic E-state index is -0.397. The molecule has 32 heavy (non-hydrogen) atoms. The molecular formula is C23H14FN3O3S2. The average molecular weight is 464 g/mol. The molecule has 0 saturated heterocycles. The van der Waals surface area contributed by atoms with Gasteiger partial charge in [0.05, 0.1) is 18.3 Å². The van der Waals surface area contributed by atoms with Crippen LogP contribution in [0, 0.1) is 10.7 Å². The molecule has 5 rings (SSSR count). The maximum atomic E-state index is 13.1. The Morgan fingerprint density at radius 2 is 1.91 bits per heavy atom. The molecule has 0 unspecified atom stereocenters. The number of nitrogens with zero attached hydrogens (tertiary/aromatic N) is 3. The van der Waals surface area contributed by atoms with Gasteiger partial charge in [0.1, 0.15) is 10.8 Å². The molecule has 5 aromatic rings. The van der Waals surface area contributed by atoms with Crippen molar-refractivity contribution < 1.29 is 13.5 Å². The van der Waals surface area contributed by atoms with E-state index in [2.05, 4.69) is 9.97 Å². The van der Waals surface area contributed by atoms with Crippen LogP contribution in [0.2, 0.25) is 0 Å². The van der Waals surface area contributed by atoms with Crippen LogP contribution in [0.1, 0.15) is 0 Å². The molecule has 0 N–H and O–H groups in total. The molecule has 6 nitrogen and oxygen atoms in total. The largest absolute Gasteiger partial charge is 0.493 e. The molecule has 0 atom stereocenters. The van der Waals surface area contributed by atoms with Gasteiger partial charge in [0, 0.05) is 22.5 Å². The Kier molecular flexibility index (Phi) is 5.20. The Bertz CT molecular complexity index is 1600. The number of ether oxygens (including phenoxy) is 1. The summed E-state index contributed by atoms with van der Waals surface area (Å²) in [6.07, 6.45) is 1.48. The third-order valence-corrected chi connectivity index (χ3v) is 6.02. The van der Waals surface area contributed by atoms with E-state index in [-0.39, 0.29) is 21.8 Å². The molecule has 0 fully saturated rings. The van der Waals surface area contributed by atoms with Crippen molar-refractivity contribution in [3.63, 3.8) is 0 Å². The monoisotopic (exact) mass is 463 g/mol. The molecule has 0 radical (unpaired) electrons. The summed E-state index contributed by atoms with van der Waals surface area (Å²) in [5.41, 5.74) is 1.24. The second kappa shape index (κ2) is 8.18. The van der Waals surface area contributed by atoms with Gasteiger partial charge < -0.3 is 9.15 Å². The highest BCUT2D eigenvalue weighted by molar-refractivity contribution is 7.99. The summed E-state index contributed by atoms with van der Waals surface area (Å²) in [4.78, 5) is 22.8. The van der Waals surface area contributed by atoms with Crippen molar-refractivity contribution in [2.75, 3.05) is 7.11 Å². The molecular weight excluding hydrogens is 449 g/mol. The van der Waals surface area contributed by atoms with Gasteiger partial charge in [-0.2, -0.15) is 0 Å². The van der Waals surface area contributed by atoms with Gasteiger partial charge in [0.15, 0.2) is 11.3 Å². The molecule has 3 heterocycles. The highest BCUT2D eigenvalue weighted by Gasteiger charge is 2.15. The molecule has 0 aliphatic carbocycles. The van der Waals surface area contributed by atoms with Crippen molar-refractivity contribution in [1.29, 1.82) is 0 Å². The zero-order chi connectivity index (χ0) is 22.2. The van der Waals surface area contributed by atoms with Crippen LogP contribution < -0.4 is 10.3 Å². The fraction of sp³-hybridized carbons (Fsp3) is 0.0435. The van der Waals surface area contributed by atoms with E-state index in [0.29, 0.717) is 11.4 Å². The molecule has 0 bridgehead atoms. The van der Waals surface area contributed by atoms with Gasteiger partial charge in [-0.3, -0.25) is 4.79 Å². The number of pyridine rings is 2. The molecule has 0 aliphatic heterocycles. The third kappa shape index (κ3) is 3.65. The van der Waals surface area contributed by atoms with Crippen LogP contribution in [0.3, 0.4) is 0 Å². The predicted octanol–water partition coefficient (Wildman–Crippen LogP) is 5.56. The highest BCUT2D eigenvalue weighted by atomic mass is 32.2. The topological polar surface area (TPSA) is 70.2 Å². The van der Waals surface area contributed by atoms with Crippen molar-refractivity contribution in [2.24, 2.45) is 0 Å². The fourth-order valence-corrected chi connectivity index (χ4v) is 4.37. The number of hydrogen-bond acceptors (Lipinski definition) is 7. The maximum absolute atomic E-state index is 13.1. The number of aromatic nitrogens is 3. The first-order valence-corrected chi connectivity index (χ1v) is 10.7. The van der Waals surface area contributed by atoms with E-state index in [0.717, 1.165) is 20.8 Å². The Morgan fingerprint density at radius 3 is 2.69 bits per heavy atom. The van der Waals surface area contributed by atoms with Gasteiger partial charge in [0.25, 0.3) is 10.4 Å². The van der Waals surface area contributed by atoms with Crippen LogP contribution in [-0.2, 0) is 0 Å². The number of rotatable bonds is 4. The van der Waals surface area contributed by atoms with E-state index in [4.69, 9.17) is 21.4 Å². The predicted molar refractivity (Wildman–Crippen MR) is 123 cm³/mol. The van der Waals surface area contributed by atoms with E-state index in [1.54, 1.807) is 24.3 Å². The molecule has 9 heteroatoms. The van der Waals surface area contributed by atoms with Gasteiger partial charge in [0.2, 0.25) is 5.58 Å². The lowest BCUT2D eigenvalue weighted by Gasteiger charge is -2.09. The molecule has 0 spiro atoms. The second-order valence-electron chi connectivity index (χ2n) is 6.78. The van der Waals surface area contributed by atoms with E-state index >= 15 is 0 Å². The van der Waals surface area contributed by atoms with Crippen molar-refractivity contribution in [2.45, 2.75) is 9.92 Å².